The molecule has 2 rings (SSSR count). The molecular weight excluding hydrogens is 312 g/mol. The van der Waals surface area contributed by atoms with Gasteiger partial charge in [-0.15, -0.1) is 0 Å². The molecule has 0 amide bonds. The molecule has 0 aliphatic carbocycles. The molecule has 1 fully saturated rings. The number of benzene rings is 1. The van der Waals surface area contributed by atoms with Gasteiger partial charge >= 0.3 is 0 Å². The van der Waals surface area contributed by atoms with E-state index in [1.807, 2.05) is 24.3 Å². The Labute approximate surface area is 131 Å². The van der Waals surface area contributed by atoms with Crippen molar-refractivity contribution in [2.24, 2.45) is 0 Å². The molecule has 1 aliphatic rings. The second-order valence-electron chi connectivity index (χ2n) is 4.97. The van der Waals surface area contributed by atoms with E-state index in [1.165, 1.54) is 0 Å². The number of rotatable bonds is 6. The molecule has 7 heteroatoms. The van der Waals surface area contributed by atoms with Crippen molar-refractivity contribution in [1.82, 2.24) is 9.62 Å². The topological polar surface area (TPSA) is 58.6 Å². The fourth-order valence-electron chi connectivity index (χ4n) is 2.34. The van der Waals surface area contributed by atoms with Crippen molar-refractivity contribution in [2.75, 3.05) is 38.6 Å². The third-order valence-corrected chi connectivity index (χ3v) is 5.24. The van der Waals surface area contributed by atoms with Crippen molar-refractivity contribution in [3.8, 4) is 0 Å². The molecular formula is C14H21ClN2O3S. The highest BCUT2D eigenvalue weighted by molar-refractivity contribution is 7.89. The van der Waals surface area contributed by atoms with Crippen LogP contribution in [0.4, 0.5) is 0 Å². The van der Waals surface area contributed by atoms with Gasteiger partial charge in [0.15, 0.2) is 0 Å². The van der Waals surface area contributed by atoms with Crippen LogP contribution in [0.3, 0.4) is 0 Å². The molecule has 0 radical (unpaired) electrons. The van der Waals surface area contributed by atoms with E-state index in [9.17, 15) is 8.42 Å². The average Bonchev–Trinajstić information content (AvgIpc) is 2.50. The lowest BCUT2D eigenvalue weighted by Gasteiger charge is -2.34. The van der Waals surface area contributed by atoms with Crippen LogP contribution in [0.1, 0.15) is 18.5 Å². The summed E-state index contributed by atoms with van der Waals surface area (Å²) in [6.07, 6.45) is 0. The van der Waals surface area contributed by atoms with Gasteiger partial charge < -0.3 is 4.74 Å². The minimum absolute atomic E-state index is 0.00695. The van der Waals surface area contributed by atoms with Crippen LogP contribution in [-0.4, -0.2) is 51.9 Å². The zero-order valence-electron chi connectivity index (χ0n) is 12.1. The fourth-order valence-corrected chi connectivity index (χ4v) is 3.08. The number of hydrogen-bond donors (Lipinski definition) is 1. The van der Waals surface area contributed by atoms with Crippen LogP contribution in [-0.2, 0) is 14.8 Å². The molecule has 1 atom stereocenters. The summed E-state index contributed by atoms with van der Waals surface area (Å²) in [4.78, 5) is 2.24. The van der Waals surface area contributed by atoms with Gasteiger partial charge in [0.05, 0.1) is 19.0 Å². The Balaban J connectivity index is 2.15. The Morgan fingerprint density at radius 2 is 1.90 bits per heavy atom. The number of halogens is 1. The summed E-state index contributed by atoms with van der Waals surface area (Å²) in [5, 5.41) is 0.675. The van der Waals surface area contributed by atoms with Crippen molar-refractivity contribution in [1.29, 1.82) is 0 Å². The molecule has 1 aliphatic heterocycles. The highest BCUT2D eigenvalue weighted by Gasteiger charge is 2.24. The third-order valence-electron chi connectivity index (χ3n) is 3.62. The first-order valence-electron chi connectivity index (χ1n) is 7.06. The van der Waals surface area contributed by atoms with Gasteiger partial charge in [-0.25, -0.2) is 13.1 Å². The predicted molar refractivity (Wildman–Crippen MR) is 84.0 cm³/mol. The van der Waals surface area contributed by atoms with Crippen LogP contribution < -0.4 is 4.72 Å². The SMILES string of the molecule is CCS(=O)(=O)NC[C@@H](c1ccc(Cl)cc1)N1CCOCC1. The Morgan fingerprint density at radius 1 is 1.29 bits per heavy atom. The molecule has 0 spiro atoms. The molecule has 1 saturated heterocycles. The summed E-state index contributed by atoms with van der Waals surface area (Å²) in [6, 6.07) is 7.55. The summed E-state index contributed by atoms with van der Waals surface area (Å²) in [6.45, 7) is 4.92. The van der Waals surface area contributed by atoms with Crippen LogP contribution in [0.2, 0.25) is 5.02 Å². The lowest BCUT2D eigenvalue weighted by molar-refractivity contribution is 0.0172. The maximum Gasteiger partial charge on any atom is 0.211 e. The second-order valence-corrected chi connectivity index (χ2v) is 7.50. The lowest BCUT2D eigenvalue weighted by atomic mass is 10.1. The first kappa shape index (κ1) is 16.7. The Bertz CT molecular complexity index is 542. The van der Waals surface area contributed by atoms with E-state index in [-0.39, 0.29) is 11.8 Å². The van der Waals surface area contributed by atoms with E-state index in [0.717, 1.165) is 18.7 Å². The molecule has 0 unspecified atom stereocenters. The van der Waals surface area contributed by atoms with Gasteiger partial charge in [0.2, 0.25) is 10.0 Å². The number of nitrogens with one attached hydrogen (secondary N) is 1. The van der Waals surface area contributed by atoms with Crippen molar-refractivity contribution >= 4 is 21.6 Å². The van der Waals surface area contributed by atoms with Crippen LogP contribution in [0, 0.1) is 0 Å². The Morgan fingerprint density at radius 3 is 2.48 bits per heavy atom. The highest BCUT2D eigenvalue weighted by Crippen LogP contribution is 2.23. The van der Waals surface area contributed by atoms with Crippen LogP contribution in [0.15, 0.2) is 24.3 Å². The van der Waals surface area contributed by atoms with E-state index in [2.05, 4.69) is 9.62 Å². The quantitative estimate of drug-likeness (QED) is 0.860. The van der Waals surface area contributed by atoms with Crippen LogP contribution in [0.25, 0.3) is 0 Å². The second kappa shape index (κ2) is 7.56. The number of nitrogens with zero attached hydrogens (tertiary/aromatic N) is 1. The summed E-state index contributed by atoms with van der Waals surface area (Å²) in [7, 11) is -3.20. The maximum atomic E-state index is 11.7. The van der Waals surface area contributed by atoms with Gasteiger partial charge in [0, 0.05) is 30.7 Å². The summed E-state index contributed by atoms with van der Waals surface area (Å²) >= 11 is 5.93. The molecule has 118 valence electrons. The number of sulfonamides is 1. The third kappa shape index (κ3) is 4.93. The zero-order valence-corrected chi connectivity index (χ0v) is 13.7. The van der Waals surface area contributed by atoms with Crippen molar-refractivity contribution < 1.29 is 13.2 Å². The van der Waals surface area contributed by atoms with Gasteiger partial charge in [0.1, 0.15) is 0 Å². The Kier molecular flexibility index (Phi) is 6.01. The molecule has 0 bridgehead atoms. The van der Waals surface area contributed by atoms with E-state index in [0.29, 0.717) is 24.8 Å². The van der Waals surface area contributed by atoms with Crippen LogP contribution >= 0.6 is 11.6 Å². The highest BCUT2D eigenvalue weighted by atomic mass is 35.5. The first-order valence-corrected chi connectivity index (χ1v) is 9.09. The van der Waals surface area contributed by atoms with E-state index in [1.54, 1.807) is 6.92 Å². The summed E-state index contributed by atoms with van der Waals surface area (Å²) < 4.78 is 31.4. The van der Waals surface area contributed by atoms with E-state index in [4.69, 9.17) is 16.3 Å². The molecule has 5 nitrogen and oxygen atoms in total. The number of ether oxygens (including phenoxy) is 1. The molecule has 21 heavy (non-hydrogen) atoms. The van der Waals surface area contributed by atoms with Gasteiger partial charge in [-0.05, 0) is 24.6 Å². The first-order chi connectivity index (χ1) is 10.0. The average molecular weight is 333 g/mol. The zero-order chi connectivity index (χ0) is 15.3. The largest absolute Gasteiger partial charge is 0.379 e. The fraction of sp³-hybridized carbons (Fsp3) is 0.571. The van der Waals surface area contributed by atoms with E-state index >= 15 is 0 Å². The molecule has 1 aromatic carbocycles. The van der Waals surface area contributed by atoms with Crippen LogP contribution in [0.5, 0.6) is 0 Å². The molecule has 1 heterocycles. The molecule has 1 aromatic rings. The minimum atomic E-state index is -3.20. The molecule has 1 N–H and O–H groups in total. The molecule has 0 saturated carbocycles. The standard InChI is InChI=1S/C14H21ClN2O3S/c1-2-21(18,19)16-11-14(17-7-9-20-10-8-17)12-3-5-13(15)6-4-12/h3-6,14,16H,2,7-11H2,1H3/t14-/m0/s1. The van der Waals surface area contributed by atoms with Gasteiger partial charge in [-0.3, -0.25) is 4.90 Å². The van der Waals surface area contributed by atoms with Gasteiger partial charge in [-0.2, -0.15) is 0 Å². The van der Waals surface area contributed by atoms with Gasteiger partial charge in [-0.1, -0.05) is 23.7 Å². The summed E-state index contributed by atoms with van der Waals surface area (Å²) in [5.41, 5.74) is 1.06. The van der Waals surface area contributed by atoms with Crippen molar-refractivity contribution in [3.63, 3.8) is 0 Å². The lowest BCUT2D eigenvalue weighted by Crippen LogP contribution is -2.44. The maximum absolute atomic E-state index is 11.7. The Hall–Kier alpha value is -0.660. The van der Waals surface area contributed by atoms with Gasteiger partial charge in [0.25, 0.3) is 0 Å². The van der Waals surface area contributed by atoms with E-state index < -0.39 is 10.0 Å². The molecule has 0 aromatic heterocycles. The summed E-state index contributed by atoms with van der Waals surface area (Å²) in [5.74, 6) is 0.0868. The normalized spacial score (nSPS) is 18.6. The predicted octanol–water partition coefficient (Wildman–Crippen LogP) is 1.65. The van der Waals surface area contributed by atoms with Crippen molar-refractivity contribution in [2.45, 2.75) is 13.0 Å². The number of morpholine rings is 1. The van der Waals surface area contributed by atoms with Crippen molar-refractivity contribution in [3.05, 3.63) is 34.9 Å². The monoisotopic (exact) mass is 332 g/mol. The smallest absolute Gasteiger partial charge is 0.211 e. The minimum Gasteiger partial charge on any atom is -0.379 e. The number of hydrogen-bond acceptors (Lipinski definition) is 4.